The Morgan fingerprint density at radius 2 is 2.28 bits per heavy atom. The molecular formula is C12H13F2N3O. The summed E-state index contributed by atoms with van der Waals surface area (Å²) >= 11 is 0. The number of benzene rings is 1. The fourth-order valence-electron chi connectivity index (χ4n) is 1.55. The number of alkyl halides is 2. The second-order valence-electron chi connectivity index (χ2n) is 3.78. The average Bonchev–Trinajstić information content (AvgIpc) is 2.72. The van der Waals surface area contributed by atoms with Gasteiger partial charge < -0.3 is 10.1 Å². The highest BCUT2D eigenvalue weighted by Gasteiger charge is 2.04. The lowest BCUT2D eigenvalue weighted by atomic mass is 10.3. The second kappa shape index (κ2) is 5.48. The summed E-state index contributed by atoms with van der Waals surface area (Å²) in [5.74, 6) is 0.140. The Kier molecular flexibility index (Phi) is 3.76. The third kappa shape index (κ3) is 3.44. The van der Waals surface area contributed by atoms with Crippen LogP contribution >= 0.6 is 0 Å². The summed E-state index contributed by atoms with van der Waals surface area (Å²) in [4.78, 5) is 0. The van der Waals surface area contributed by atoms with E-state index in [0.717, 1.165) is 11.3 Å². The highest BCUT2D eigenvalue weighted by molar-refractivity contribution is 5.48. The van der Waals surface area contributed by atoms with E-state index in [1.807, 2.05) is 13.2 Å². The molecule has 0 aliphatic rings. The predicted molar refractivity (Wildman–Crippen MR) is 63.6 cm³/mol. The van der Waals surface area contributed by atoms with E-state index < -0.39 is 6.61 Å². The number of rotatable bonds is 5. The van der Waals surface area contributed by atoms with Gasteiger partial charge in [0.15, 0.2) is 0 Å². The number of hydrogen-bond acceptors (Lipinski definition) is 3. The number of nitrogens with one attached hydrogen (secondary N) is 1. The Morgan fingerprint density at radius 1 is 1.44 bits per heavy atom. The second-order valence-corrected chi connectivity index (χ2v) is 3.78. The minimum absolute atomic E-state index is 0.140. The Bertz CT molecular complexity index is 514. The van der Waals surface area contributed by atoms with Gasteiger partial charge in [-0.2, -0.15) is 13.9 Å². The maximum absolute atomic E-state index is 12.1. The molecule has 0 atom stereocenters. The first-order valence-electron chi connectivity index (χ1n) is 5.40. The molecule has 0 fully saturated rings. The zero-order valence-electron chi connectivity index (χ0n) is 9.81. The van der Waals surface area contributed by atoms with E-state index in [1.165, 1.54) is 12.1 Å². The van der Waals surface area contributed by atoms with E-state index in [-0.39, 0.29) is 5.75 Å². The minimum atomic E-state index is -2.81. The molecule has 1 heterocycles. The molecule has 1 aromatic heterocycles. The lowest BCUT2D eigenvalue weighted by Crippen LogP contribution is -2.03. The molecular weight excluding hydrogens is 240 g/mol. The van der Waals surface area contributed by atoms with Gasteiger partial charge in [-0.05, 0) is 12.1 Å². The minimum Gasteiger partial charge on any atom is -0.435 e. The number of ether oxygens (including phenoxy) is 1. The molecule has 0 spiro atoms. The quantitative estimate of drug-likeness (QED) is 0.890. The summed E-state index contributed by atoms with van der Waals surface area (Å²) in [6.45, 7) is -2.23. The molecule has 0 amide bonds. The number of aryl methyl sites for hydroxylation is 1. The van der Waals surface area contributed by atoms with Gasteiger partial charge >= 0.3 is 6.61 Å². The number of anilines is 1. The van der Waals surface area contributed by atoms with E-state index >= 15 is 0 Å². The first-order valence-corrected chi connectivity index (χ1v) is 5.40. The van der Waals surface area contributed by atoms with Gasteiger partial charge in [0, 0.05) is 37.1 Å². The zero-order valence-corrected chi connectivity index (χ0v) is 9.81. The monoisotopic (exact) mass is 253 g/mol. The number of halogens is 2. The van der Waals surface area contributed by atoms with E-state index in [2.05, 4.69) is 15.2 Å². The van der Waals surface area contributed by atoms with Crippen LogP contribution in [0.1, 0.15) is 5.56 Å². The molecule has 6 heteroatoms. The zero-order chi connectivity index (χ0) is 13.0. The van der Waals surface area contributed by atoms with Crippen molar-refractivity contribution >= 4 is 5.69 Å². The van der Waals surface area contributed by atoms with E-state index in [1.54, 1.807) is 23.0 Å². The molecule has 0 saturated heterocycles. The molecule has 96 valence electrons. The van der Waals surface area contributed by atoms with Crippen LogP contribution in [-0.2, 0) is 13.6 Å². The van der Waals surface area contributed by atoms with Crippen molar-refractivity contribution in [1.82, 2.24) is 9.78 Å². The van der Waals surface area contributed by atoms with Crippen molar-refractivity contribution in [3.05, 3.63) is 42.2 Å². The fraction of sp³-hybridized carbons (Fsp3) is 0.250. The Hall–Kier alpha value is -2.11. The van der Waals surface area contributed by atoms with Gasteiger partial charge in [0.2, 0.25) is 0 Å². The van der Waals surface area contributed by atoms with Crippen molar-refractivity contribution in [1.29, 1.82) is 0 Å². The van der Waals surface area contributed by atoms with Crippen molar-refractivity contribution in [2.45, 2.75) is 13.2 Å². The standard InChI is InChI=1S/C12H13F2N3O/c1-17-8-9(7-16-17)6-15-10-3-2-4-11(5-10)18-12(13)14/h2-5,7-8,12,15H,6H2,1H3. The van der Waals surface area contributed by atoms with Crippen LogP contribution in [0.3, 0.4) is 0 Å². The van der Waals surface area contributed by atoms with Crippen LogP contribution in [0.15, 0.2) is 36.7 Å². The molecule has 1 aromatic carbocycles. The van der Waals surface area contributed by atoms with Crippen molar-refractivity contribution in [2.24, 2.45) is 7.05 Å². The third-order valence-corrected chi connectivity index (χ3v) is 2.31. The fourth-order valence-corrected chi connectivity index (χ4v) is 1.55. The maximum Gasteiger partial charge on any atom is 0.387 e. The van der Waals surface area contributed by atoms with Gasteiger partial charge in [-0.25, -0.2) is 0 Å². The maximum atomic E-state index is 12.1. The molecule has 0 saturated carbocycles. The summed E-state index contributed by atoms with van der Waals surface area (Å²) in [5.41, 5.74) is 1.73. The summed E-state index contributed by atoms with van der Waals surface area (Å²) in [7, 11) is 1.83. The SMILES string of the molecule is Cn1cc(CNc2cccc(OC(F)F)c2)cn1. The number of nitrogens with zero attached hydrogens (tertiary/aromatic N) is 2. The van der Waals surface area contributed by atoms with Gasteiger partial charge in [-0.3, -0.25) is 4.68 Å². The van der Waals surface area contributed by atoms with Gasteiger partial charge in [-0.1, -0.05) is 6.07 Å². The molecule has 0 unspecified atom stereocenters. The lowest BCUT2D eigenvalue weighted by Gasteiger charge is -2.08. The molecule has 2 rings (SSSR count). The average molecular weight is 253 g/mol. The van der Waals surface area contributed by atoms with Crippen LogP contribution in [0.5, 0.6) is 5.75 Å². The molecule has 2 aromatic rings. The Balaban J connectivity index is 1.96. The van der Waals surface area contributed by atoms with E-state index in [4.69, 9.17) is 0 Å². The van der Waals surface area contributed by atoms with Crippen molar-refractivity contribution < 1.29 is 13.5 Å². The normalized spacial score (nSPS) is 10.7. The van der Waals surface area contributed by atoms with Gasteiger partial charge in [0.1, 0.15) is 5.75 Å². The highest BCUT2D eigenvalue weighted by atomic mass is 19.3. The summed E-state index contributed by atoms with van der Waals surface area (Å²) in [6, 6.07) is 6.46. The molecule has 0 bridgehead atoms. The molecule has 4 nitrogen and oxygen atoms in total. The van der Waals surface area contributed by atoms with Gasteiger partial charge in [0.25, 0.3) is 0 Å². The van der Waals surface area contributed by atoms with Crippen LogP contribution in [-0.4, -0.2) is 16.4 Å². The van der Waals surface area contributed by atoms with E-state index in [9.17, 15) is 8.78 Å². The third-order valence-electron chi connectivity index (χ3n) is 2.31. The molecule has 0 aliphatic heterocycles. The van der Waals surface area contributed by atoms with Crippen molar-refractivity contribution in [3.8, 4) is 5.75 Å². The van der Waals surface area contributed by atoms with Crippen molar-refractivity contribution in [3.63, 3.8) is 0 Å². The first kappa shape index (κ1) is 12.3. The van der Waals surface area contributed by atoms with Gasteiger partial charge in [-0.15, -0.1) is 0 Å². The van der Waals surface area contributed by atoms with Gasteiger partial charge in [0.05, 0.1) is 6.20 Å². The topological polar surface area (TPSA) is 39.1 Å². The van der Waals surface area contributed by atoms with E-state index in [0.29, 0.717) is 6.54 Å². The van der Waals surface area contributed by atoms with Crippen molar-refractivity contribution in [2.75, 3.05) is 5.32 Å². The number of hydrogen-bond donors (Lipinski definition) is 1. The van der Waals surface area contributed by atoms with Crippen LogP contribution in [0.4, 0.5) is 14.5 Å². The summed E-state index contributed by atoms with van der Waals surface area (Å²) in [6.07, 6.45) is 3.62. The largest absolute Gasteiger partial charge is 0.435 e. The summed E-state index contributed by atoms with van der Waals surface area (Å²) < 4.78 is 30.1. The van der Waals surface area contributed by atoms with Crippen LogP contribution in [0.25, 0.3) is 0 Å². The van der Waals surface area contributed by atoms with Crippen LogP contribution in [0.2, 0.25) is 0 Å². The smallest absolute Gasteiger partial charge is 0.387 e. The lowest BCUT2D eigenvalue weighted by molar-refractivity contribution is -0.0498. The number of aromatic nitrogens is 2. The first-order chi connectivity index (χ1) is 8.63. The van der Waals surface area contributed by atoms with Crippen LogP contribution < -0.4 is 10.1 Å². The predicted octanol–water partition coefficient (Wildman–Crippen LogP) is 2.63. The Morgan fingerprint density at radius 3 is 2.94 bits per heavy atom. The molecule has 1 N–H and O–H groups in total. The highest BCUT2D eigenvalue weighted by Crippen LogP contribution is 2.19. The Labute approximate surface area is 103 Å². The molecule has 18 heavy (non-hydrogen) atoms. The van der Waals surface area contributed by atoms with Crippen LogP contribution in [0, 0.1) is 0 Å². The summed E-state index contributed by atoms with van der Waals surface area (Å²) in [5, 5.41) is 7.15. The molecule has 0 aliphatic carbocycles. The molecule has 0 radical (unpaired) electrons.